The van der Waals surface area contributed by atoms with Gasteiger partial charge in [-0.15, -0.1) is 0 Å². The highest BCUT2D eigenvalue weighted by molar-refractivity contribution is 5.95. The van der Waals surface area contributed by atoms with E-state index >= 15 is 0 Å². The van der Waals surface area contributed by atoms with Gasteiger partial charge in [0.1, 0.15) is 0 Å². The molecule has 5 heteroatoms. The predicted molar refractivity (Wildman–Crippen MR) is 86.7 cm³/mol. The number of hydrogen-bond donors (Lipinski definition) is 2. The van der Waals surface area contributed by atoms with Gasteiger partial charge in [-0.05, 0) is 29.7 Å². The van der Waals surface area contributed by atoms with Crippen LogP contribution in [-0.2, 0) is 15.2 Å². The summed E-state index contributed by atoms with van der Waals surface area (Å²) in [6.45, 7) is 0.691. The van der Waals surface area contributed by atoms with Crippen LogP contribution in [0.1, 0.15) is 24.0 Å². The number of carbonyl (C=O) groups excluding carboxylic acids is 2. The minimum absolute atomic E-state index is 0.0889. The molecule has 3 N–H and O–H groups in total. The molecule has 2 amide bonds. The smallest absolute Gasteiger partial charge is 0.258 e. The minimum Gasteiger partial charge on any atom is -0.372 e. The second kappa shape index (κ2) is 5.85. The first-order valence-electron chi connectivity index (χ1n) is 7.52. The Hall–Kier alpha value is -2.66. The summed E-state index contributed by atoms with van der Waals surface area (Å²) in [5.74, 6) is -0.750. The number of carbonyl (C=O) groups is 2. The monoisotopic (exact) mass is 310 g/mol. The first-order valence-corrected chi connectivity index (χ1v) is 7.52. The lowest BCUT2D eigenvalue weighted by atomic mass is 9.85. The first-order chi connectivity index (χ1) is 11.0. The predicted octanol–water partition coefficient (Wildman–Crippen LogP) is 1.53. The molecular formula is C18H18N2O3. The maximum Gasteiger partial charge on any atom is 0.258 e. The summed E-state index contributed by atoms with van der Waals surface area (Å²) in [5.41, 5.74) is 5.13. The van der Waals surface area contributed by atoms with Crippen LogP contribution in [0.4, 0.5) is 5.69 Å². The number of benzene rings is 2. The quantitative estimate of drug-likeness (QED) is 0.898. The van der Waals surface area contributed by atoms with E-state index in [1.54, 1.807) is 59.5 Å². The van der Waals surface area contributed by atoms with Gasteiger partial charge in [0, 0.05) is 18.7 Å². The van der Waals surface area contributed by atoms with Crippen LogP contribution in [0.5, 0.6) is 0 Å². The summed E-state index contributed by atoms with van der Waals surface area (Å²) in [4.78, 5) is 25.4. The van der Waals surface area contributed by atoms with Gasteiger partial charge in [-0.3, -0.25) is 9.59 Å². The Morgan fingerprint density at radius 2 is 1.65 bits per heavy atom. The lowest BCUT2D eigenvalue weighted by Crippen LogP contribution is -2.42. The SMILES string of the molecule is NC(=O)C(O)(c1ccccc1)c1ccc(N2CCCC2=O)cc1. The Labute approximate surface area is 134 Å². The number of primary amides is 1. The number of nitrogens with zero attached hydrogens (tertiary/aromatic N) is 1. The molecule has 3 rings (SSSR count). The Morgan fingerprint density at radius 3 is 2.17 bits per heavy atom. The van der Waals surface area contributed by atoms with Gasteiger partial charge in [0.2, 0.25) is 5.91 Å². The third-order valence-electron chi connectivity index (χ3n) is 4.22. The largest absolute Gasteiger partial charge is 0.372 e. The maximum absolute atomic E-state index is 11.9. The van der Waals surface area contributed by atoms with Gasteiger partial charge in [0.05, 0.1) is 0 Å². The molecule has 23 heavy (non-hydrogen) atoms. The molecule has 0 spiro atoms. The highest BCUT2D eigenvalue weighted by Gasteiger charge is 2.38. The molecule has 2 aromatic carbocycles. The highest BCUT2D eigenvalue weighted by Crippen LogP contribution is 2.31. The van der Waals surface area contributed by atoms with Crippen LogP contribution in [-0.4, -0.2) is 23.5 Å². The number of anilines is 1. The van der Waals surface area contributed by atoms with Gasteiger partial charge in [0.15, 0.2) is 5.60 Å². The fourth-order valence-electron chi connectivity index (χ4n) is 2.93. The number of rotatable bonds is 4. The van der Waals surface area contributed by atoms with Crippen molar-refractivity contribution in [3.05, 3.63) is 65.7 Å². The van der Waals surface area contributed by atoms with E-state index in [1.165, 1.54) is 0 Å². The number of aliphatic hydroxyl groups is 1. The summed E-state index contributed by atoms with van der Waals surface area (Å²) in [5, 5.41) is 10.9. The third-order valence-corrected chi connectivity index (χ3v) is 4.22. The molecule has 0 saturated carbocycles. The molecular weight excluding hydrogens is 292 g/mol. The van der Waals surface area contributed by atoms with E-state index in [1.807, 2.05) is 0 Å². The summed E-state index contributed by atoms with van der Waals surface area (Å²) in [6, 6.07) is 15.3. The second-order valence-corrected chi connectivity index (χ2v) is 5.64. The zero-order valence-corrected chi connectivity index (χ0v) is 12.6. The van der Waals surface area contributed by atoms with Crippen LogP contribution in [0.15, 0.2) is 54.6 Å². The zero-order valence-electron chi connectivity index (χ0n) is 12.6. The highest BCUT2D eigenvalue weighted by atomic mass is 16.3. The minimum atomic E-state index is -1.89. The normalized spacial score (nSPS) is 17.1. The van der Waals surface area contributed by atoms with E-state index in [4.69, 9.17) is 5.73 Å². The zero-order chi connectivity index (χ0) is 16.4. The van der Waals surface area contributed by atoms with Gasteiger partial charge in [-0.1, -0.05) is 42.5 Å². The molecule has 1 aliphatic heterocycles. The summed E-state index contributed by atoms with van der Waals surface area (Å²) < 4.78 is 0. The average molecular weight is 310 g/mol. The second-order valence-electron chi connectivity index (χ2n) is 5.64. The van der Waals surface area contributed by atoms with Crippen LogP contribution in [0.25, 0.3) is 0 Å². The molecule has 1 fully saturated rings. The van der Waals surface area contributed by atoms with Crippen molar-refractivity contribution in [3.8, 4) is 0 Å². The molecule has 1 heterocycles. The van der Waals surface area contributed by atoms with E-state index in [0.717, 1.165) is 12.1 Å². The van der Waals surface area contributed by atoms with Crippen molar-refractivity contribution in [3.63, 3.8) is 0 Å². The molecule has 5 nitrogen and oxygen atoms in total. The lowest BCUT2D eigenvalue weighted by molar-refractivity contribution is -0.133. The van der Waals surface area contributed by atoms with Crippen LogP contribution in [0.3, 0.4) is 0 Å². The summed E-state index contributed by atoms with van der Waals surface area (Å²) >= 11 is 0. The van der Waals surface area contributed by atoms with Crippen molar-refractivity contribution < 1.29 is 14.7 Å². The average Bonchev–Trinajstić information content (AvgIpc) is 3.01. The van der Waals surface area contributed by atoms with Crippen LogP contribution >= 0.6 is 0 Å². The Morgan fingerprint density at radius 1 is 1.04 bits per heavy atom. The van der Waals surface area contributed by atoms with Crippen LogP contribution in [0.2, 0.25) is 0 Å². The fourth-order valence-corrected chi connectivity index (χ4v) is 2.93. The third kappa shape index (κ3) is 2.59. The van der Waals surface area contributed by atoms with Gasteiger partial charge in [-0.25, -0.2) is 0 Å². The van der Waals surface area contributed by atoms with E-state index in [2.05, 4.69) is 0 Å². The van der Waals surface area contributed by atoms with Crippen molar-refractivity contribution in [2.24, 2.45) is 5.73 Å². The molecule has 0 bridgehead atoms. The first kappa shape index (κ1) is 15.2. The van der Waals surface area contributed by atoms with Crippen LogP contribution in [0, 0.1) is 0 Å². The van der Waals surface area contributed by atoms with Crippen molar-refractivity contribution in [2.75, 3.05) is 11.4 Å². The maximum atomic E-state index is 11.9. The van der Waals surface area contributed by atoms with Crippen LogP contribution < -0.4 is 10.6 Å². The molecule has 1 saturated heterocycles. The number of amides is 2. The molecule has 118 valence electrons. The molecule has 1 aliphatic rings. The lowest BCUT2D eigenvalue weighted by Gasteiger charge is -2.26. The van der Waals surface area contributed by atoms with Crippen molar-refractivity contribution in [1.82, 2.24) is 0 Å². The summed E-state index contributed by atoms with van der Waals surface area (Å²) in [7, 11) is 0. The van der Waals surface area contributed by atoms with Gasteiger partial charge >= 0.3 is 0 Å². The summed E-state index contributed by atoms with van der Waals surface area (Å²) in [6.07, 6.45) is 1.40. The van der Waals surface area contributed by atoms with Crippen molar-refractivity contribution in [2.45, 2.75) is 18.4 Å². The number of nitrogens with two attached hydrogens (primary N) is 1. The van der Waals surface area contributed by atoms with Gasteiger partial charge in [0.25, 0.3) is 5.91 Å². The topological polar surface area (TPSA) is 83.6 Å². The van der Waals surface area contributed by atoms with Gasteiger partial charge in [-0.2, -0.15) is 0 Å². The molecule has 0 aliphatic carbocycles. The molecule has 2 aromatic rings. The standard InChI is InChI=1S/C18H18N2O3/c19-17(22)18(23,13-5-2-1-3-6-13)14-8-10-15(11-9-14)20-12-4-7-16(20)21/h1-3,5-6,8-11,23H,4,7,12H2,(H2,19,22). The van der Waals surface area contributed by atoms with Crippen molar-refractivity contribution >= 4 is 17.5 Å². The fraction of sp³-hybridized carbons (Fsp3) is 0.222. The molecule has 1 atom stereocenters. The Bertz CT molecular complexity index is 728. The Balaban J connectivity index is 1.98. The van der Waals surface area contributed by atoms with Gasteiger partial charge < -0.3 is 15.7 Å². The van der Waals surface area contributed by atoms with E-state index < -0.39 is 11.5 Å². The number of hydrogen-bond acceptors (Lipinski definition) is 3. The van der Waals surface area contributed by atoms with E-state index in [-0.39, 0.29) is 5.91 Å². The molecule has 0 radical (unpaired) electrons. The van der Waals surface area contributed by atoms with Crippen molar-refractivity contribution in [1.29, 1.82) is 0 Å². The van der Waals surface area contributed by atoms with E-state index in [9.17, 15) is 14.7 Å². The van der Waals surface area contributed by atoms with E-state index in [0.29, 0.717) is 24.1 Å². The Kier molecular flexibility index (Phi) is 3.88. The molecule has 1 unspecified atom stereocenters. The molecule has 0 aromatic heterocycles.